The highest BCUT2D eigenvalue weighted by atomic mass is 15.5. The Morgan fingerprint density at radius 2 is 1.85 bits per heavy atom. The lowest BCUT2D eigenvalue weighted by Gasteiger charge is -2.33. The summed E-state index contributed by atoms with van der Waals surface area (Å²) in [4.78, 5) is 5.79. The summed E-state index contributed by atoms with van der Waals surface area (Å²) in [5.74, 6) is 0. The second-order valence-corrected chi connectivity index (χ2v) is 6.88. The van der Waals surface area contributed by atoms with Crippen LogP contribution in [0.5, 0.6) is 0 Å². The average Bonchev–Trinajstić information content (AvgIpc) is 2.70. The van der Waals surface area contributed by atoms with Gasteiger partial charge in [0, 0.05) is 23.5 Å². The molecule has 4 heteroatoms. The van der Waals surface area contributed by atoms with Crippen molar-refractivity contribution in [3.05, 3.63) is 84.7 Å². The van der Waals surface area contributed by atoms with Crippen molar-refractivity contribution >= 4 is 16.5 Å². The van der Waals surface area contributed by atoms with Crippen molar-refractivity contribution in [2.24, 2.45) is 0 Å². The number of fused-ring (bicyclic) bond motifs is 1. The smallest absolute Gasteiger partial charge is 0.103 e. The van der Waals surface area contributed by atoms with Gasteiger partial charge < -0.3 is 10.3 Å². The van der Waals surface area contributed by atoms with Crippen LogP contribution >= 0.6 is 0 Å². The number of nitrogens with one attached hydrogen (secondary N) is 2. The van der Waals surface area contributed by atoms with E-state index in [1.807, 2.05) is 18.3 Å². The molecule has 26 heavy (non-hydrogen) atoms. The summed E-state index contributed by atoms with van der Waals surface area (Å²) in [5.41, 5.74) is 6.83. The Hall–Kier alpha value is -2.69. The first-order valence-corrected chi connectivity index (χ1v) is 9.21. The predicted molar refractivity (Wildman–Crippen MR) is 106 cm³/mol. The molecule has 2 aromatic carbocycles. The zero-order chi connectivity index (χ0) is 17.8. The minimum Gasteiger partial charge on any atom is -0.329 e. The fraction of sp³-hybridized carbons (Fsp3) is 0.227. The summed E-state index contributed by atoms with van der Waals surface area (Å²) in [6.45, 7) is 9.49. The zero-order valence-electron chi connectivity index (χ0n) is 15.0. The maximum Gasteiger partial charge on any atom is 0.103 e. The number of hydrazine groups is 1. The molecule has 0 bridgehead atoms. The maximum absolute atomic E-state index is 4.16. The fourth-order valence-electron chi connectivity index (χ4n) is 3.62. The Bertz CT molecular complexity index is 878. The van der Waals surface area contributed by atoms with Crippen LogP contribution in [0.25, 0.3) is 16.5 Å². The largest absolute Gasteiger partial charge is 0.329 e. The maximum atomic E-state index is 4.16. The number of hydrogen-bond acceptors (Lipinski definition) is 3. The van der Waals surface area contributed by atoms with Crippen molar-refractivity contribution in [3.8, 4) is 0 Å². The van der Waals surface area contributed by atoms with E-state index in [9.17, 15) is 0 Å². The number of piperazine rings is 1. The zero-order valence-corrected chi connectivity index (χ0v) is 15.0. The van der Waals surface area contributed by atoms with Gasteiger partial charge in [-0.25, -0.2) is 5.01 Å². The molecule has 4 rings (SSSR count). The second kappa shape index (κ2) is 7.68. The molecule has 1 aliphatic heterocycles. The number of hydrogen-bond donors (Lipinski definition) is 2. The standard InChI is InChI=1S/C22H24N4/c1-18(20-9-5-11-23-16-20)24-26-14-12-25(13-15-26)17-21-8-4-7-19-6-2-3-10-22(19)21/h2-11,16,24H,1,12-15,17H2/p+1. The van der Waals surface area contributed by atoms with E-state index in [2.05, 4.69) is 64.5 Å². The second-order valence-electron chi connectivity index (χ2n) is 6.88. The molecule has 4 nitrogen and oxygen atoms in total. The predicted octanol–water partition coefficient (Wildman–Crippen LogP) is 2.11. The van der Waals surface area contributed by atoms with E-state index in [0.717, 1.165) is 44.0 Å². The Kier molecular flexibility index (Phi) is 4.95. The molecular formula is C22H25N4+. The van der Waals surface area contributed by atoms with Crippen molar-refractivity contribution in [2.45, 2.75) is 6.54 Å². The van der Waals surface area contributed by atoms with Gasteiger partial charge in [-0.3, -0.25) is 4.98 Å². The molecule has 0 saturated carbocycles. The third-order valence-corrected chi connectivity index (χ3v) is 5.09. The van der Waals surface area contributed by atoms with Gasteiger partial charge in [0.15, 0.2) is 0 Å². The van der Waals surface area contributed by atoms with Gasteiger partial charge in [-0.05, 0) is 22.9 Å². The Balaban J connectivity index is 1.34. The Morgan fingerprint density at radius 3 is 2.65 bits per heavy atom. The van der Waals surface area contributed by atoms with Crippen LogP contribution in [0.15, 0.2) is 73.6 Å². The van der Waals surface area contributed by atoms with E-state index >= 15 is 0 Å². The molecule has 0 amide bonds. The van der Waals surface area contributed by atoms with Gasteiger partial charge in [0.2, 0.25) is 0 Å². The summed E-state index contributed by atoms with van der Waals surface area (Å²) in [5, 5.41) is 4.98. The molecule has 1 aliphatic rings. The van der Waals surface area contributed by atoms with E-state index in [-0.39, 0.29) is 0 Å². The quantitative estimate of drug-likeness (QED) is 0.743. The monoisotopic (exact) mass is 345 g/mol. The van der Waals surface area contributed by atoms with Crippen molar-refractivity contribution in [2.75, 3.05) is 26.2 Å². The van der Waals surface area contributed by atoms with E-state index in [0.29, 0.717) is 0 Å². The molecule has 3 aromatic rings. The van der Waals surface area contributed by atoms with E-state index < -0.39 is 0 Å². The molecule has 1 fully saturated rings. The first-order valence-electron chi connectivity index (χ1n) is 9.21. The van der Waals surface area contributed by atoms with Gasteiger partial charge in [-0.1, -0.05) is 49.0 Å². The van der Waals surface area contributed by atoms with Crippen LogP contribution in [0.1, 0.15) is 11.1 Å². The summed E-state index contributed by atoms with van der Waals surface area (Å²) >= 11 is 0. The number of benzene rings is 2. The van der Waals surface area contributed by atoms with Gasteiger partial charge >= 0.3 is 0 Å². The first-order chi connectivity index (χ1) is 12.8. The number of aromatic nitrogens is 1. The van der Waals surface area contributed by atoms with Crippen molar-refractivity contribution in [1.29, 1.82) is 0 Å². The number of rotatable bonds is 5. The third-order valence-electron chi connectivity index (χ3n) is 5.09. The number of pyridine rings is 1. The van der Waals surface area contributed by atoms with Gasteiger partial charge in [0.05, 0.1) is 31.9 Å². The van der Waals surface area contributed by atoms with Crippen LogP contribution in [-0.2, 0) is 6.54 Å². The van der Waals surface area contributed by atoms with Gasteiger partial charge in [-0.15, -0.1) is 0 Å². The molecular weight excluding hydrogens is 320 g/mol. The number of nitrogens with zero attached hydrogens (tertiary/aromatic N) is 2. The normalized spacial score (nSPS) is 15.8. The van der Waals surface area contributed by atoms with E-state index in [1.54, 1.807) is 11.1 Å². The Labute approximate surface area is 154 Å². The third kappa shape index (κ3) is 3.77. The van der Waals surface area contributed by atoms with Crippen molar-refractivity contribution in [3.63, 3.8) is 0 Å². The van der Waals surface area contributed by atoms with Gasteiger partial charge in [0.25, 0.3) is 0 Å². The summed E-state index contributed by atoms with van der Waals surface area (Å²) in [6.07, 6.45) is 3.63. The highest BCUT2D eigenvalue weighted by molar-refractivity contribution is 5.85. The summed E-state index contributed by atoms with van der Waals surface area (Å²) in [7, 11) is 0. The van der Waals surface area contributed by atoms with Crippen molar-refractivity contribution in [1.82, 2.24) is 15.4 Å². The van der Waals surface area contributed by atoms with E-state index in [4.69, 9.17) is 0 Å². The minimum atomic E-state index is 0.913. The lowest BCUT2D eigenvalue weighted by atomic mass is 10.0. The van der Waals surface area contributed by atoms with Crippen LogP contribution < -0.4 is 10.3 Å². The average molecular weight is 345 g/mol. The van der Waals surface area contributed by atoms with Gasteiger partial charge in [-0.2, -0.15) is 0 Å². The SMILES string of the molecule is C=C(NN1CC[NH+](Cc2cccc3ccccc23)CC1)c1cccnc1. The van der Waals surface area contributed by atoms with Crippen molar-refractivity contribution < 1.29 is 4.90 Å². The lowest BCUT2D eigenvalue weighted by molar-refractivity contribution is -0.918. The molecule has 132 valence electrons. The molecule has 0 radical (unpaired) electrons. The van der Waals surface area contributed by atoms with Crippen LogP contribution in [0.2, 0.25) is 0 Å². The minimum absolute atomic E-state index is 0.913. The summed E-state index contributed by atoms with van der Waals surface area (Å²) < 4.78 is 0. The number of quaternary nitrogens is 1. The Morgan fingerprint density at radius 1 is 1.04 bits per heavy atom. The highest BCUT2D eigenvalue weighted by Crippen LogP contribution is 2.17. The molecule has 0 spiro atoms. The molecule has 2 N–H and O–H groups in total. The van der Waals surface area contributed by atoms with Crippen LogP contribution in [0, 0.1) is 0 Å². The van der Waals surface area contributed by atoms with E-state index in [1.165, 1.54) is 16.3 Å². The van der Waals surface area contributed by atoms with Crippen LogP contribution in [0.3, 0.4) is 0 Å². The molecule has 2 heterocycles. The topological polar surface area (TPSA) is 32.6 Å². The molecule has 1 saturated heterocycles. The first kappa shape index (κ1) is 16.8. The summed E-state index contributed by atoms with van der Waals surface area (Å²) in [6, 6.07) is 19.3. The molecule has 0 atom stereocenters. The van der Waals surface area contributed by atoms with Crippen LogP contribution in [-0.4, -0.2) is 36.2 Å². The van der Waals surface area contributed by atoms with Gasteiger partial charge in [0.1, 0.15) is 6.54 Å². The molecule has 0 aliphatic carbocycles. The molecule has 1 aromatic heterocycles. The fourth-order valence-corrected chi connectivity index (χ4v) is 3.62. The molecule has 0 unspecified atom stereocenters. The van der Waals surface area contributed by atoms with Crippen LogP contribution in [0.4, 0.5) is 0 Å². The highest BCUT2D eigenvalue weighted by Gasteiger charge is 2.21. The lowest BCUT2D eigenvalue weighted by Crippen LogP contribution is -3.13.